The van der Waals surface area contributed by atoms with E-state index in [0.717, 1.165) is 0 Å². The van der Waals surface area contributed by atoms with Crippen LogP contribution in [0.5, 0.6) is 0 Å². The van der Waals surface area contributed by atoms with Crippen molar-refractivity contribution in [1.82, 2.24) is 0 Å². The Balaban J connectivity index is -0.000000134. The van der Waals surface area contributed by atoms with Gasteiger partial charge in [-0.25, -0.2) is 0 Å². The minimum absolute atomic E-state index is 0. The molecule has 0 aliphatic heterocycles. The largest absolute Gasteiger partial charge is 4.00 e. The van der Waals surface area contributed by atoms with Gasteiger partial charge in [-0.3, -0.25) is 0 Å². The zero-order chi connectivity index (χ0) is 61.6. The fourth-order valence-electron chi connectivity index (χ4n) is 5.28. The summed E-state index contributed by atoms with van der Waals surface area (Å²) >= 11 is 0. The molecule has 0 heterocycles. The molecule has 16 nitrogen and oxygen atoms in total. The molecule has 0 saturated heterocycles. The standard InChI is InChI=1S/4C12H27O4Si.C7H8.2K.S.U/c4*1-10(2,3)14-17(13,15-11(4,5)6)16-12(7,8)9;1-7-5-3-2-4-6-7;;;;/h4*1-9H3;2-6H,1H3;;;;/q4*-1;;2*+1;-2;+4. The van der Waals surface area contributed by atoms with Crippen molar-refractivity contribution in [3.8, 4) is 0 Å². The first-order valence-electron chi connectivity index (χ1n) is 26.1. The van der Waals surface area contributed by atoms with Crippen LogP contribution in [0, 0.1) is 38.0 Å². The Morgan fingerprint density at radius 2 is 0.329 bits per heavy atom. The molecule has 460 valence electrons. The summed E-state index contributed by atoms with van der Waals surface area (Å²) in [6, 6.07) is 10.3. The summed E-state index contributed by atoms with van der Waals surface area (Å²) in [6.45, 7) is 67.8. The third-order valence-corrected chi connectivity index (χ3v) is 16.5. The van der Waals surface area contributed by atoms with Gasteiger partial charge in [0.25, 0.3) is 0 Å². The first-order chi connectivity index (χ1) is 31.9. The van der Waals surface area contributed by atoms with Crippen molar-refractivity contribution in [3.05, 3.63) is 35.9 Å². The Hall–Kier alpha value is 4.12. The van der Waals surface area contributed by atoms with E-state index in [1.54, 1.807) is 0 Å². The molecule has 1 rings (SSSR count). The van der Waals surface area contributed by atoms with E-state index in [-0.39, 0.29) is 147 Å². The van der Waals surface area contributed by atoms with Crippen LogP contribution in [0.2, 0.25) is 0 Å². The third kappa shape index (κ3) is 74.5. The fraction of sp³-hybridized carbons (Fsp3) is 0.891. The molecule has 0 N–H and O–H groups in total. The van der Waals surface area contributed by atoms with Gasteiger partial charge in [0.1, 0.15) is 0 Å². The Morgan fingerprint density at radius 3 is 0.380 bits per heavy atom. The smallest absolute Gasteiger partial charge is 2.00 e. The van der Waals surface area contributed by atoms with Crippen molar-refractivity contribution in [1.29, 1.82) is 0 Å². The quantitative estimate of drug-likeness (QED) is 0.255. The van der Waals surface area contributed by atoms with Crippen LogP contribution in [0.4, 0.5) is 0 Å². The van der Waals surface area contributed by atoms with Gasteiger partial charge in [0.15, 0.2) is 0 Å². The summed E-state index contributed by atoms with van der Waals surface area (Å²) in [7, 11) is -15.6. The van der Waals surface area contributed by atoms with Gasteiger partial charge in [-0.1, -0.05) is 35.9 Å². The van der Waals surface area contributed by atoms with Gasteiger partial charge in [-0.15, -0.1) is 0 Å². The Bertz CT molecular complexity index is 1350. The molecular weight excluding hydrogens is 1380 g/mol. The van der Waals surface area contributed by atoms with Crippen LogP contribution in [0.25, 0.3) is 0 Å². The molecule has 0 aliphatic rings. The van der Waals surface area contributed by atoms with Gasteiger partial charge in [0.05, 0.1) is 67.2 Å². The molecule has 24 heteroatoms. The second-order valence-electron chi connectivity index (χ2n) is 30.2. The van der Waals surface area contributed by atoms with Crippen molar-refractivity contribution in [2.24, 2.45) is 0 Å². The summed E-state index contributed by atoms with van der Waals surface area (Å²) in [4.78, 5) is 50.5. The third-order valence-electron chi connectivity index (χ3n) is 6.11. The van der Waals surface area contributed by atoms with E-state index in [1.165, 1.54) is 5.56 Å². The van der Waals surface area contributed by atoms with E-state index in [9.17, 15) is 19.2 Å². The fourth-order valence-corrected chi connectivity index (χ4v) is 14.8. The second kappa shape index (κ2) is 37.5. The van der Waals surface area contributed by atoms with Crippen LogP contribution < -0.4 is 122 Å². The number of rotatable bonds is 12. The zero-order valence-corrected chi connectivity index (χ0v) is 73.1. The van der Waals surface area contributed by atoms with Crippen molar-refractivity contribution < 1.29 is 206 Å². The first-order valence-corrected chi connectivity index (χ1v) is 32.7. The molecular formula is C55H116K2O16SSi4U. The van der Waals surface area contributed by atoms with Gasteiger partial charge in [0.2, 0.25) is 0 Å². The molecule has 0 fully saturated rings. The Morgan fingerprint density at radius 1 is 0.241 bits per heavy atom. The molecule has 0 atom stereocenters. The Kier molecular flexibility index (Phi) is 47.1. The molecule has 0 radical (unpaired) electrons. The van der Waals surface area contributed by atoms with E-state index in [2.05, 4.69) is 19.1 Å². The number of hydrogen-bond donors (Lipinski definition) is 0. The normalized spacial score (nSPS) is 13.8. The molecule has 0 bridgehead atoms. The summed E-state index contributed by atoms with van der Waals surface area (Å²) in [5, 5.41) is 0. The van der Waals surface area contributed by atoms with Crippen LogP contribution >= 0.6 is 0 Å². The van der Waals surface area contributed by atoms with Crippen LogP contribution in [-0.4, -0.2) is 103 Å². The second-order valence-corrected chi connectivity index (χ2v) is 36.7. The van der Waals surface area contributed by atoms with Crippen LogP contribution in [-0.2, 0) is 66.6 Å². The van der Waals surface area contributed by atoms with Crippen LogP contribution in [0.1, 0.15) is 255 Å². The molecule has 1 aromatic carbocycles. The minimum Gasteiger partial charge on any atom is -2.00 e. The predicted molar refractivity (Wildman–Crippen MR) is 312 cm³/mol. The number of hydrogen-bond acceptors (Lipinski definition) is 16. The molecule has 79 heavy (non-hydrogen) atoms. The topological polar surface area (TPSA) is 203 Å². The molecule has 0 unspecified atom stereocenters. The van der Waals surface area contributed by atoms with Crippen LogP contribution in [0.15, 0.2) is 30.3 Å². The van der Waals surface area contributed by atoms with Crippen LogP contribution in [0.3, 0.4) is 0 Å². The SMILES string of the molecule is CC(C)(C)O[Si]([O-])(OC(C)(C)C)OC(C)(C)C.CC(C)(C)O[Si]([O-])(OC(C)(C)C)OC(C)(C)C.CC(C)(C)O[Si]([O-])(OC(C)(C)C)OC(C)(C)C.CC(C)(C)O[Si]([O-])(OC(C)(C)C)OC(C)(C)C.Cc1ccccc1.[K+].[K+].[S-2].[U+4]. The zero-order valence-electron chi connectivity index (χ0n) is 57.8. The summed E-state index contributed by atoms with van der Waals surface area (Å²) < 4.78 is 66.2. The van der Waals surface area contributed by atoms with E-state index >= 15 is 0 Å². The molecule has 0 amide bonds. The maximum atomic E-state index is 12.6. The van der Waals surface area contributed by atoms with Gasteiger partial charge in [-0.05, 0) is 256 Å². The summed E-state index contributed by atoms with van der Waals surface area (Å²) in [5.74, 6) is 0. The molecule has 0 spiro atoms. The van der Waals surface area contributed by atoms with Crippen molar-refractivity contribution in [3.63, 3.8) is 0 Å². The van der Waals surface area contributed by atoms with Gasteiger partial charge >= 0.3 is 170 Å². The minimum atomic E-state index is -3.91. The molecule has 0 saturated carbocycles. The van der Waals surface area contributed by atoms with E-state index in [4.69, 9.17) is 53.1 Å². The molecule has 0 aliphatic carbocycles. The van der Waals surface area contributed by atoms with Gasteiger partial charge in [0, 0.05) is 0 Å². The average Bonchev–Trinajstić information content (AvgIpc) is 2.89. The summed E-state index contributed by atoms with van der Waals surface area (Å²) in [5.41, 5.74) is -5.62. The van der Waals surface area contributed by atoms with Gasteiger partial charge in [-0.2, -0.15) is 0 Å². The van der Waals surface area contributed by atoms with E-state index in [0.29, 0.717) is 0 Å². The monoisotopic (exact) mass is 1490 g/mol. The molecule has 0 aromatic heterocycles. The van der Waals surface area contributed by atoms with E-state index < -0.39 is 103 Å². The maximum Gasteiger partial charge on any atom is 4.00 e. The average molecular weight is 1490 g/mol. The molecule has 1 aromatic rings. The maximum absolute atomic E-state index is 12.6. The number of benzene rings is 1. The Labute approximate surface area is 606 Å². The van der Waals surface area contributed by atoms with E-state index in [1.807, 2.05) is 267 Å². The number of aryl methyl sites for hydroxylation is 1. The van der Waals surface area contributed by atoms with Crippen molar-refractivity contribution in [2.45, 2.75) is 323 Å². The van der Waals surface area contributed by atoms with Gasteiger partial charge < -0.3 is 85.8 Å². The van der Waals surface area contributed by atoms with Crippen molar-refractivity contribution >= 4 is 49.7 Å². The van der Waals surface area contributed by atoms with Crippen molar-refractivity contribution in [2.75, 3.05) is 0 Å². The summed E-state index contributed by atoms with van der Waals surface area (Å²) in [6.07, 6.45) is 0. The predicted octanol–water partition coefficient (Wildman–Crippen LogP) is 4.91. The first kappa shape index (κ1) is 99.3.